The Morgan fingerprint density at radius 1 is 1.18 bits per heavy atom. The Morgan fingerprint density at radius 2 is 1.95 bits per heavy atom. The van der Waals surface area contributed by atoms with Crippen molar-refractivity contribution in [1.29, 1.82) is 0 Å². The quantitative estimate of drug-likeness (QED) is 0.787. The lowest BCUT2D eigenvalue weighted by atomic mass is 9.60. The van der Waals surface area contributed by atoms with Gasteiger partial charge >= 0.3 is 6.03 Å². The summed E-state index contributed by atoms with van der Waals surface area (Å²) in [7, 11) is 0. The van der Waals surface area contributed by atoms with Crippen LogP contribution in [0.15, 0.2) is 0 Å². The molecule has 2 aliphatic carbocycles. The van der Waals surface area contributed by atoms with E-state index in [1.807, 2.05) is 0 Å². The molecule has 120 valence electrons. The molecule has 0 aromatic carbocycles. The van der Waals surface area contributed by atoms with Crippen molar-refractivity contribution in [2.45, 2.75) is 62.7 Å². The third-order valence-corrected chi connectivity index (χ3v) is 6.32. The zero-order chi connectivity index (χ0) is 14.9. The SMILES string of the molecule is O=C(NC1CC2(C1)CN(C1CC1)C2)[C@@H]1CC[C@@H]2CN1C(=O)N2. The summed E-state index contributed by atoms with van der Waals surface area (Å²) in [5, 5.41) is 6.13. The second kappa shape index (κ2) is 4.37. The summed E-state index contributed by atoms with van der Waals surface area (Å²) in [4.78, 5) is 28.6. The van der Waals surface area contributed by atoms with E-state index in [9.17, 15) is 9.59 Å². The summed E-state index contributed by atoms with van der Waals surface area (Å²) in [6, 6.07) is 1.15. The topological polar surface area (TPSA) is 64.7 Å². The molecule has 3 amide bonds. The smallest absolute Gasteiger partial charge is 0.318 e. The zero-order valence-electron chi connectivity index (χ0n) is 12.9. The summed E-state index contributed by atoms with van der Waals surface area (Å²) in [6.45, 7) is 3.18. The number of urea groups is 1. The van der Waals surface area contributed by atoms with E-state index < -0.39 is 0 Å². The lowest BCUT2D eigenvalue weighted by molar-refractivity contribution is -0.132. The number of likely N-dealkylation sites (tertiary alicyclic amines) is 1. The van der Waals surface area contributed by atoms with Gasteiger partial charge < -0.3 is 15.5 Å². The number of carbonyl (C=O) groups is 2. The maximum Gasteiger partial charge on any atom is 0.318 e. The Balaban J connectivity index is 1.13. The van der Waals surface area contributed by atoms with Crippen molar-refractivity contribution in [2.24, 2.45) is 5.41 Å². The Kier molecular flexibility index (Phi) is 2.62. The molecule has 2 saturated carbocycles. The second-order valence-electron chi connectivity index (χ2n) is 8.14. The zero-order valence-corrected chi connectivity index (χ0v) is 12.9. The summed E-state index contributed by atoms with van der Waals surface area (Å²) in [5.74, 6) is 0.0636. The lowest BCUT2D eigenvalue weighted by Crippen LogP contribution is -2.67. The van der Waals surface area contributed by atoms with Gasteiger partial charge in [0, 0.05) is 37.8 Å². The predicted octanol–water partition coefficient (Wildman–Crippen LogP) is 0.286. The van der Waals surface area contributed by atoms with Crippen molar-refractivity contribution in [3.8, 4) is 0 Å². The van der Waals surface area contributed by atoms with Gasteiger partial charge in [-0.15, -0.1) is 0 Å². The van der Waals surface area contributed by atoms with Crippen LogP contribution in [0.4, 0.5) is 4.79 Å². The molecule has 3 heterocycles. The Labute approximate surface area is 130 Å². The minimum Gasteiger partial charge on any atom is -0.352 e. The molecule has 5 rings (SSSR count). The first kappa shape index (κ1) is 13.2. The van der Waals surface area contributed by atoms with Crippen LogP contribution in [-0.4, -0.2) is 65.5 Å². The summed E-state index contributed by atoms with van der Waals surface area (Å²) < 4.78 is 0. The van der Waals surface area contributed by atoms with Gasteiger partial charge in [-0.3, -0.25) is 9.69 Å². The predicted molar refractivity (Wildman–Crippen MR) is 80.2 cm³/mol. The van der Waals surface area contributed by atoms with Crippen LogP contribution in [0.1, 0.15) is 38.5 Å². The van der Waals surface area contributed by atoms with Gasteiger partial charge in [-0.1, -0.05) is 0 Å². The molecule has 22 heavy (non-hydrogen) atoms. The molecule has 3 saturated heterocycles. The first-order valence-electron chi connectivity index (χ1n) is 8.73. The minimum absolute atomic E-state index is 0.0632. The first-order chi connectivity index (χ1) is 10.6. The largest absolute Gasteiger partial charge is 0.352 e. The third kappa shape index (κ3) is 1.96. The fraction of sp³-hybridized carbons (Fsp3) is 0.875. The standard InChI is InChI=1S/C16H24N4O2/c21-14(13-4-1-10-7-20(13)15(22)18-10)17-11-5-16(6-11)8-19(9-16)12-2-3-12/h10-13H,1-9H2,(H,17,21)(H,18,22)/t10-,13+/m1/s1. The number of nitrogens with zero attached hydrogens (tertiary/aromatic N) is 2. The Bertz CT molecular complexity index is 518. The molecule has 0 unspecified atom stereocenters. The average Bonchev–Trinajstić information content (AvgIpc) is 3.19. The van der Waals surface area contributed by atoms with Crippen LogP contribution in [0.2, 0.25) is 0 Å². The number of amides is 3. The molecule has 2 N–H and O–H groups in total. The monoisotopic (exact) mass is 304 g/mol. The van der Waals surface area contributed by atoms with Gasteiger partial charge in [0.15, 0.2) is 0 Å². The van der Waals surface area contributed by atoms with Crippen molar-refractivity contribution in [2.75, 3.05) is 19.6 Å². The molecule has 1 spiro atoms. The Morgan fingerprint density at radius 3 is 2.68 bits per heavy atom. The lowest BCUT2D eigenvalue weighted by Gasteiger charge is -2.59. The van der Waals surface area contributed by atoms with Crippen LogP contribution in [-0.2, 0) is 4.79 Å². The highest BCUT2D eigenvalue weighted by molar-refractivity contribution is 5.89. The molecular formula is C16H24N4O2. The number of nitrogens with one attached hydrogen (secondary N) is 2. The first-order valence-corrected chi connectivity index (χ1v) is 8.73. The van der Waals surface area contributed by atoms with Crippen molar-refractivity contribution in [1.82, 2.24) is 20.4 Å². The van der Waals surface area contributed by atoms with Crippen molar-refractivity contribution >= 4 is 11.9 Å². The number of carbonyl (C=O) groups excluding carboxylic acids is 2. The number of rotatable bonds is 3. The van der Waals surface area contributed by atoms with Crippen LogP contribution in [0.5, 0.6) is 0 Å². The van der Waals surface area contributed by atoms with E-state index in [1.165, 1.54) is 25.9 Å². The summed E-state index contributed by atoms with van der Waals surface area (Å²) in [5.41, 5.74) is 0.503. The van der Waals surface area contributed by atoms with E-state index in [2.05, 4.69) is 15.5 Å². The van der Waals surface area contributed by atoms with Crippen molar-refractivity contribution in [3.63, 3.8) is 0 Å². The fourth-order valence-electron chi connectivity index (χ4n) is 5.00. The van der Waals surface area contributed by atoms with Gasteiger partial charge in [-0.05, 0) is 43.9 Å². The number of hydrogen-bond donors (Lipinski definition) is 2. The third-order valence-electron chi connectivity index (χ3n) is 6.32. The van der Waals surface area contributed by atoms with Gasteiger partial charge in [-0.25, -0.2) is 4.79 Å². The van der Waals surface area contributed by atoms with Gasteiger partial charge in [0.05, 0.1) is 0 Å². The average molecular weight is 304 g/mol. The van der Waals surface area contributed by atoms with Crippen LogP contribution in [0.25, 0.3) is 0 Å². The molecule has 6 nitrogen and oxygen atoms in total. The van der Waals surface area contributed by atoms with Crippen LogP contribution in [0, 0.1) is 5.41 Å². The number of fused-ring (bicyclic) bond motifs is 2. The van der Waals surface area contributed by atoms with Gasteiger partial charge in [0.25, 0.3) is 0 Å². The highest BCUT2D eigenvalue weighted by atomic mass is 16.2. The summed E-state index contributed by atoms with van der Waals surface area (Å²) in [6.07, 6.45) is 6.74. The highest BCUT2D eigenvalue weighted by Gasteiger charge is 2.55. The second-order valence-corrected chi connectivity index (χ2v) is 8.14. The van der Waals surface area contributed by atoms with E-state index >= 15 is 0 Å². The molecular weight excluding hydrogens is 280 g/mol. The van der Waals surface area contributed by atoms with Crippen molar-refractivity contribution in [3.05, 3.63) is 0 Å². The fourth-order valence-corrected chi connectivity index (χ4v) is 5.00. The van der Waals surface area contributed by atoms with Crippen LogP contribution in [0.3, 0.4) is 0 Å². The molecule has 0 radical (unpaired) electrons. The van der Waals surface area contributed by atoms with E-state index in [0.717, 1.165) is 31.7 Å². The van der Waals surface area contributed by atoms with E-state index in [-0.39, 0.29) is 24.0 Å². The minimum atomic E-state index is -0.250. The molecule has 5 fully saturated rings. The molecule has 0 aromatic heterocycles. The number of piperidine rings is 1. The molecule has 2 atom stereocenters. The maximum atomic E-state index is 12.5. The molecule has 3 aliphatic heterocycles. The van der Waals surface area contributed by atoms with Crippen molar-refractivity contribution < 1.29 is 9.59 Å². The van der Waals surface area contributed by atoms with E-state index in [4.69, 9.17) is 0 Å². The van der Waals surface area contributed by atoms with Crippen LogP contribution < -0.4 is 10.6 Å². The maximum absolute atomic E-state index is 12.5. The van der Waals surface area contributed by atoms with Gasteiger partial charge in [0.1, 0.15) is 6.04 Å². The van der Waals surface area contributed by atoms with Gasteiger partial charge in [-0.2, -0.15) is 0 Å². The normalized spacial score (nSPS) is 36.7. The highest BCUT2D eigenvalue weighted by Crippen LogP contribution is 2.51. The Hall–Kier alpha value is -1.30. The van der Waals surface area contributed by atoms with Gasteiger partial charge in [0.2, 0.25) is 5.91 Å². The van der Waals surface area contributed by atoms with E-state index in [1.54, 1.807) is 4.90 Å². The molecule has 0 aromatic rings. The summed E-state index contributed by atoms with van der Waals surface area (Å²) >= 11 is 0. The molecule has 6 heteroatoms. The molecule has 2 bridgehead atoms. The molecule has 5 aliphatic rings. The number of hydrogen-bond acceptors (Lipinski definition) is 3. The van der Waals surface area contributed by atoms with Crippen LogP contribution >= 0.6 is 0 Å². The van der Waals surface area contributed by atoms with E-state index in [0.29, 0.717) is 18.0 Å².